The first kappa shape index (κ1) is 19.1. The van der Waals surface area contributed by atoms with Crippen molar-refractivity contribution in [2.45, 2.75) is 18.5 Å². The third-order valence-corrected chi connectivity index (χ3v) is 3.87. The van der Waals surface area contributed by atoms with Gasteiger partial charge in [0.05, 0.1) is 17.3 Å². The molecule has 0 bridgehead atoms. The van der Waals surface area contributed by atoms with Gasteiger partial charge in [0.25, 0.3) is 0 Å². The maximum atomic E-state index is 13.2. The molecule has 0 amide bonds. The van der Waals surface area contributed by atoms with Crippen LogP contribution in [0, 0.1) is 0 Å². The lowest BCUT2D eigenvalue weighted by molar-refractivity contribution is -0.143. The Morgan fingerprint density at radius 1 is 0.840 bits per heavy atom. The number of ketones is 1. The summed E-state index contributed by atoms with van der Waals surface area (Å²) in [4.78, 5) is 12.6. The second-order valence-corrected chi connectivity index (χ2v) is 5.57. The van der Waals surface area contributed by atoms with E-state index in [2.05, 4.69) is 0 Å². The fourth-order valence-electron chi connectivity index (χ4n) is 2.35. The second kappa shape index (κ2) is 6.96. The zero-order valence-corrected chi connectivity index (χ0v) is 13.2. The maximum absolute atomic E-state index is 13.2. The van der Waals surface area contributed by atoms with E-state index < -0.39 is 43.3 Å². The van der Waals surface area contributed by atoms with Crippen LogP contribution >= 0.6 is 8.46 Å². The molecule has 9 heteroatoms. The van der Waals surface area contributed by atoms with Crippen LogP contribution in [0.3, 0.4) is 0 Å². The van der Waals surface area contributed by atoms with Crippen molar-refractivity contribution >= 4 is 14.2 Å². The van der Waals surface area contributed by atoms with Gasteiger partial charge in [-0.05, 0) is 17.7 Å². The molecular weight excluding hydrogens is 369 g/mol. The van der Waals surface area contributed by atoms with Crippen LogP contribution in [0.25, 0.3) is 0 Å². The van der Waals surface area contributed by atoms with Gasteiger partial charge in [0.1, 0.15) is 0 Å². The Hall–Kier alpha value is -2.21. The molecule has 2 aromatic carbocycles. The van der Waals surface area contributed by atoms with Crippen molar-refractivity contribution < 1.29 is 35.7 Å². The summed E-state index contributed by atoms with van der Waals surface area (Å²) in [6, 6.07) is 6.63. The predicted octanol–water partition coefficient (Wildman–Crippen LogP) is 5.75. The molecule has 0 saturated carbocycles. The number of carbonyl (C=O) groups excluding carboxylic acids is 1. The monoisotopic (exact) mass is 378 g/mol. The topological polar surface area (TPSA) is 34.1 Å². The average molecular weight is 378 g/mol. The molecule has 0 aromatic heterocycles. The normalized spacial score (nSPS) is 12.4. The molecular formula is C16H9F6O2P. The largest absolute Gasteiger partial charge is 0.417 e. The van der Waals surface area contributed by atoms with Gasteiger partial charge in [0.2, 0.25) is 0 Å². The molecule has 0 atom stereocenters. The van der Waals surface area contributed by atoms with Gasteiger partial charge < -0.3 is 0 Å². The van der Waals surface area contributed by atoms with Crippen LogP contribution in [-0.4, -0.2) is 5.78 Å². The Bertz CT molecular complexity index is 779. The highest BCUT2D eigenvalue weighted by Crippen LogP contribution is 2.40. The van der Waals surface area contributed by atoms with Crippen LogP contribution in [0.2, 0.25) is 0 Å². The van der Waals surface area contributed by atoms with Crippen LogP contribution in [0.4, 0.5) is 26.3 Å². The van der Waals surface area contributed by atoms with E-state index in [-0.39, 0.29) is 17.3 Å². The van der Waals surface area contributed by atoms with Crippen molar-refractivity contribution in [2.75, 3.05) is 0 Å². The molecule has 2 nitrogen and oxygen atoms in total. The molecule has 0 heterocycles. The van der Waals surface area contributed by atoms with E-state index in [1.54, 1.807) is 0 Å². The third kappa shape index (κ3) is 4.07. The average Bonchev–Trinajstić information content (AvgIpc) is 2.52. The molecule has 25 heavy (non-hydrogen) atoms. The highest BCUT2D eigenvalue weighted by Gasteiger charge is 2.43. The lowest BCUT2D eigenvalue weighted by Gasteiger charge is -2.18. The number of alkyl halides is 6. The summed E-state index contributed by atoms with van der Waals surface area (Å²) in [5.74, 6) is -1.42. The van der Waals surface area contributed by atoms with Crippen molar-refractivity contribution in [2.24, 2.45) is 0 Å². The molecule has 2 aromatic rings. The standard InChI is InChI=1S/C16H9F6O2P/c17-15(18,19)11-6-3-7-12(16(20,21)22)13(11)14(23)10-5-2-1-4-9(10)8-25-24/h1-7H,8H2. The van der Waals surface area contributed by atoms with E-state index in [1.807, 2.05) is 0 Å². The zero-order valence-electron chi connectivity index (χ0n) is 12.3. The van der Waals surface area contributed by atoms with Gasteiger partial charge in [0.15, 0.2) is 14.2 Å². The first-order valence-electron chi connectivity index (χ1n) is 6.76. The number of halogens is 6. The number of rotatable bonds is 4. The van der Waals surface area contributed by atoms with Gasteiger partial charge in [-0.25, -0.2) is 0 Å². The summed E-state index contributed by atoms with van der Waals surface area (Å²) in [5.41, 5.74) is -5.05. The van der Waals surface area contributed by atoms with Crippen molar-refractivity contribution in [3.05, 3.63) is 70.3 Å². The minimum Gasteiger partial charge on any atom is -0.289 e. The number of benzene rings is 2. The Balaban J connectivity index is 2.77. The first-order chi connectivity index (χ1) is 11.6. The molecule has 0 spiro atoms. The number of hydrogen-bond donors (Lipinski definition) is 0. The summed E-state index contributed by atoms with van der Waals surface area (Å²) in [6.07, 6.45) is -10.5. The van der Waals surface area contributed by atoms with Crippen LogP contribution in [0.15, 0.2) is 42.5 Å². The Morgan fingerprint density at radius 2 is 1.36 bits per heavy atom. The lowest BCUT2D eigenvalue weighted by Crippen LogP contribution is -2.21. The molecule has 0 radical (unpaired) electrons. The Labute approximate surface area is 139 Å². The summed E-state index contributed by atoms with van der Waals surface area (Å²) in [6.45, 7) is 0. The van der Waals surface area contributed by atoms with Gasteiger partial charge in [-0.15, -0.1) is 0 Å². The van der Waals surface area contributed by atoms with Crippen LogP contribution in [0.1, 0.15) is 32.6 Å². The molecule has 0 aliphatic carbocycles. The summed E-state index contributed by atoms with van der Waals surface area (Å²) >= 11 is 0. The molecule has 132 valence electrons. The number of carbonyl (C=O) groups is 1. The van der Waals surface area contributed by atoms with E-state index in [4.69, 9.17) is 0 Å². The Kier molecular flexibility index (Phi) is 5.32. The molecule has 0 aliphatic heterocycles. The highest BCUT2D eigenvalue weighted by atomic mass is 31.1. The Morgan fingerprint density at radius 3 is 1.84 bits per heavy atom. The second-order valence-electron chi connectivity index (χ2n) is 5.00. The predicted molar refractivity (Wildman–Crippen MR) is 77.6 cm³/mol. The summed E-state index contributed by atoms with van der Waals surface area (Å²) < 4.78 is 89.8. The number of hydrogen-bond acceptors (Lipinski definition) is 2. The molecule has 0 aliphatic rings. The SMILES string of the molecule is O=PCc1ccccc1C(=O)c1c(C(F)(F)F)cccc1C(F)(F)F. The van der Waals surface area contributed by atoms with Crippen molar-refractivity contribution in [1.82, 2.24) is 0 Å². The van der Waals surface area contributed by atoms with E-state index >= 15 is 0 Å². The van der Waals surface area contributed by atoms with Gasteiger partial charge in [-0.3, -0.25) is 9.36 Å². The smallest absolute Gasteiger partial charge is 0.289 e. The molecule has 2 rings (SSSR count). The van der Waals surface area contributed by atoms with Crippen molar-refractivity contribution in [1.29, 1.82) is 0 Å². The minimum atomic E-state index is -5.14. The van der Waals surface area contributed by atoms with Crippen LogP contribution in [-0.2, 0) is 23.1 Å². The maximum Gasteiger partial charge on any atom is 0.417 e. The zero-order chi connectivity index (χ0) is 18.8. The van der Waals surface area contributed by atoms with Gasteiger partial charge >= 0.3 is 12.4 Å². The molecule has 0 N–H and O–H groups in total. The fourth-order valence-corrected chi connectivity index (χ4v) is 2.77. The van der Waals surface area contributed by atoms with E-state index in [0.29, 0.717) is 18.2 Å². The summed E-state index contributed by atoms with van der Waals surface area (Å²) in [7, 11) is -0.419. The van der Waals surface area contributed by atoms with Gasteiger partial charge in [0, 0.05) is 11.1 Å². The quantitative estimate of drug-likeness (QED) is 0.386. The lowest BCUT2D eigenvalue weighted by atomic mass is 9.91. The van der Waals surface area contributed by atoms with Gasteiger partial charge in [-0.2, -0.15) is 26.3 Å². The highest BCUT2D eigenvalue weighted by molar-refractivity contribution is 7.22. The molecule has 0 fully saturated rings. The van der Waals surface area contributed by atoms with Gasteiger partial charge in [-0.1, -0.05) is 30.3 Å². The first-order valence-corrected chi connectivity index (χ1v) is 7.76. The third-order valence-electron chi connectivity index (χ3n) is 3.40. The van der Waals surface area contributed by atoms with Crippen LogP contribution in [0.5, 0.6) is 0 Å². The molecule has 0 unspecified atom stereocenters. The van der Waals surface area contributed by atoms with E-state index in [9.17, 15) is 35.7 Å². The minimum absolute atomic E-state index is 0.0919. The van der Waals surface area contributed by atoms with E-state index in [0.717, 1.165) is 6.07 Å². The van der Waals surface area contributed by atoms with Crippen molar-refractivity contribution in [3.8, 4) is 0 Å². The fraction of sp³-hybridized carbons (Fsp3) is 0.188. The molecule has 0 saturated heterocycles. The van der Waals surface area contributed by atoms with E-state index in [1.165, 1.54) is 18.2 Å². The van der Waals surface area contributed by atoms with Crippen LogP contribution < -0.4 is 0 Å². The summed E-state index contributed by atoms with van der Waals surface area (Å²) in [5, 5.41) is 0. The van der Waals surface area contributed by atoms with Crippen molar-refractivity contribution in [3.63, 3.8) is 0 Å².